The van der Waals surface area contributed by atoms with Gasteiger partial charge in [-0.15, -0.1) is 0 Å². The van der Waals surface area contributed by atoms with Gasteiger partial charge in [0, 0.05) is 25.7 Å². The zero-order valence-electron chi connectivity index (χ0n) is 13.0. The van der Waals surface area contributed by atoms with E-state index in [9.17, 15) is 9.59 Å². The number of benzene rings is 1. The fourth-order valence-corrected chi connectivity index (χ4v) is 3.19. The number of halogens is 1. The lowest BCUT2D eigenvalue weighted by Crippen LogP contribution is -2.45. The smallest absolute Gasteiger partial charge is 0.322 e. The molecular weight excluding hydrogens is 318 g/mol. The molecule has 0 bridgehead atoms. The van der Waals surface area contributed by atoms with E-state index < -0.39 is 6.04 Å². The van der Waals surface area contributed by atoms with Crippen LogP contribution in [0.3, 0.4) is 0 Å². The van der Waals surface area contributed by atoms with Crippen molar-refractivity contribution >= 4 is 23.5 Å². The third-order valence-corrected chi connectivity index (χ3v) is 4.56. The maximum atomic E-state index is 12.8. The van der Waals surface area contributed by atoms with Crippen LogP contribution in [0, 0.1) is 0 Å². The molecule has 1 N–H and O–H groups in total. The van der Waals surface area contributed by atoms with Crippen LogP contribution >= 0.6 is 11.6 Å². The number of nitrogens with one attached hydrogen (secondary N) is 1. The third-order valence-electron chi connectivity index (χ3n) is 4.22. The zero-order chi connectivity index (χ0) is 16.6. The number of carbonyl (C=O) groups excluding carboxylic acids is 2. The number of hydrogen-bond donors (Lipinski definition) is 1. The van der Waals surface area contributed by atoms with E-state index in [1.807, 2.05) is 18.2 Å². The maximum absolute atomic E-state index is 12.8. The van der Waals surface area contributed by atoms with E-state index in [1.54, 1.807) is 25.1 Å². The summed E-state index contributed by atoms with van der Waals surface area (Å²) >= 11 is 6.27. The molecule has 3 amide bonds. The Morgan fingerprint density at radius 1 is 1.35 bits per heavy atom. The number of urea groups is 1. The van der Waals surface area contributed by atoms with Crippen LogP contribution in [-0.2, 0) is 9.53 Å². The van der Waals surface area contributed by atoms with Gasteiger partial charge in [-0.2, -0.15) is 0 Å². The normalized spacial score (nSPS) is 20.9. The molecular formula is C16H18ClN3O3. The van der Waals surface area contributed by atoms with Crippen LogP contribution in [0.25, 0.3) is 0 Å². The van der Waals surface area contributed by atoms with Crippen molar-refractivity contribution in [1.29, 1.82) is 0 Å². The number of methoxy groups -OCH3 is 1. The van der Waals surface area contributed by atoms with Gasteiger partial charge >= 0.3 is 6.03 Å². The van der Waals surface area contributed by atoms with Crippen molar-refractivity contribution in [1.82, 2.24) is 15.1 Å². The monoisotopic (exact) mass is 335 g/mol. The molecule has 2 aliphatic heterocycles. The van der Waals surface area contributed by atoms with Gasteiger partial charge in [-0.3, -0.25) is 9.69 Å². The van der Waals surface area contributed by atoms with Crippen LogP contribution in [0.1, 0.15) is 11.6 Å². The van der Waals surface area contributed by atoms with Gasteiger partial charge < -0.3 is 15.0 Å². The largest absolute Gasteiger partial charge is 0.383 e. The van der Waals surface area contributed by atoms with Crippen LogP contribution < -0.4 is 5.32 Å². The van der Waals surface area contributed by atoms with Gasteiger partial charge in [0.05, 0.1) is 30.5 Å². The van der Waals surface area contributed by atoms with Crippen LogP contribution in [0.2, 0.25) is 5.02 Å². The van der Waals surface area contributed by atoms with Crippen molar-refractivity contribution in [3.8, 4) is 0 Å². The van der Waals surface area contributed by atoms with Crippen molar-refractivity contribution in [2.75, 3.05) is 33.9 Å². The van der Waals surface area contributed by atoms with Gasteiger partial charge in [0.25, 0.3) is 5.91 Å². The lowest BCUT2D eigenvalue weighted by molar-refractivity contribution is -0.126. The van der Waals surface area contributed by atoms with E-state index in [1.165, 1.54) is 4.90 Å². The molecule has 0 radical (unpaired) electrons. The Hall–Kier alpha value is -2.05. The van der Waals surface area contributed by atoms with Crippen molar-refractivity contribution in [2.45, 2.75) is 6.04 Å². The van der Waals surface area contributed by atoms with Crippen molar-refractivity contribution in [3.63, 3.8) is 0 Å². The average molecular weight is 336 g/mol. The van der Waals surface area contributed by atoms with Gasteiger partial charge in [-0.1, -0.05) is 29.8 Å². The topological polar surface area (TPSA) is 61.9 Å². The first-order valence-corrected chi connectivity index (χ1v) is 7.72. The number of amides is 3. The first kappa shape index (κ1) is 15.8. The van der Waals surface area contributed by atoms with Crippen LogP contribution in [0.15, 0.2) is 35.5 Å². The highest BCUT2D eigenvalue weighted by Gasteiger charge is 2.43. The fraction of sp³-hybridized carbons (Fsp3) is 0.375. The molecule has 0 aliphatic carbocycles. The van der Waals surface area contributed by atoms with Gasteiger partial charge in [-0.05, 0) is 11.6 Å². The molecule has 7 heteroatoms. The van der Waals surface area contributed by atoms with Crippen molar-refractivity contribution < 1.29 is 14.3 Å². The van der Waals surface area contributed by atoms with Crippen LogP contribution in [0.5, 0.6) is 0 Å². The van der Waals surface area contributed by atoms with Gasteiger partial charge in [0.1, 0.15) is 0 Å². The Bertz CT molecular complexity index is 689. The summed E-state index contributed by atoms with van der Waals surface area (Å²) in [6.45, 7) is 1.34. The SMILES string of the molecule is COCCN1CC2=C(C1=O)C(c1ccccc1Cl)NC(=O)N2C. The molecule has 1 aromatic rings. The van der Waals surface area contributed by atoms with E-state index in [0.29, 0.717) is 30.3 Å². The second kappa shape index (κ2) is 6.22. The van der Waals surface area contributed by atoms with E-state index >= 15 is 0 Å². The molecule has 1 aromatic carbocycles. The van der Waals surface area contributed by atoms with Gasteiger partial charge in [-0.25, -0.2) is 4.79 Å². The van der Waals surface area contributed by atoms with E-state index in [-0.39, 0.29) is 11.9 Å². The third kappa shape index (κ3) is 2.68. The highest BCUT2D eigenvalue weighted by atomic mass is 35.5. The minimum Gasteiger partial charge on any atom is -0.383 e. The first-order chi connectivity index (χ1) is 11.0. The fourth-order valence-electron chi connectivity index (χ4n) is 2.95. The number of nitrogens with zero attached hydrogens (tertiary/aromatic N) is 2. The van der Waals surface area contributed by atoms with Gasteiger partial charge in [0.2, 0.25) is 0 Å². The molecule has 1 atom stereocenters. The van der Waals surface area contributed by atoms with Gasteiger partial charge in [0.15, 0.2) is 0 Å². The predicted octanol–water partition coefficient (Wildman–Crippen LogP) is 1.78. The summed E-state index contributed by atoms with van der Waals surface area (Å²) in [4.78, 5) is 28.2. The van der Waals surface area contributed by atoms with Crippen molar-refractivity contribution in [2.24, 2.45) is 0 Å². The Kier molecular flexibility index (Phi) is 4.28. The predicted molar refractivity (Wildman–Crippen MR) is 86.0 cm³/mol. The molecule has 0 fully saturated rings. The molecule has 3 rings (SSSR count). The Morgan fingerprint density at radius 3 is 2.78 bits per heavy atom. The molecule has 23 heavy (non-hydrogen) atoms. The molecule has 6 nitrogen and oxygen atoms in total. The first-order valence-electron chi connectivity index (χ1n) is 7.34. The zero-order valence-corrected chi connectivity index (χ0v) is 13.8. The number of hydrogen-bond acceptors (Lipinski definition) is 3. The van der Waals surface area contributed by atoms with E-state index in [2.05, 4.69) is 5.32 Å². The second-order valence-electron chi connectivity index (χ2n) is 5.54. The number of carbonyl (C=O) groups is 2. The Morgan fingerprint density at radius 2 is 2.09 bits per heavy atom. The molecule has 0 saturated heterocycles. The standard InChI is InChI=1S/C16H18ClN3O3/c1-19-12-9-20(7-8-23-2)15(21)13(12)14(18-16(19)22)10-5-3-4-6-11(10)17/h3-6,14H,7-9H2,1-2H3,(H,18,22). The number of ether oxygens (including phenoxy) is 1. The molecule has 2 heterocycles. The Labute approximate surface area is 139 Å². The summed E-state index contributed by atoms with van der Waals surface area (Å²) in [5.41, 5.74) is 2.03. The molecule has 0 saturated carbocycles. The lowest BCUT2D eigenvalue weighted by atomic mass is 9.96. The number of rotatable bonds is 4. The molecule has 1 unspecified atom stereocenters. The maximum Gasteiger partial charge on any atom is 0.322 e. The minimum absolute atomic E-state index is 0.0891. The summed E-state index contributed by atoms with van der Waals surface area (Å²) in [7, 11) is 3.26. The highest BCUT2D eigenvalue weighted by molar-refractivity contribution is 6.31. The Balaban J connectivity index is 2.00. The van der Waals surface area contributed by atoms with Crippen molar-refractivity contribution in [3.05, 3.63) is 46.1 Å². The average Bonchev–Trinajstić information content (AvgIpc) is 2.87. The molecule has 122 valence electrons. The summed E-state index contributed by atoms with van der Waals surface area (Å²) < 4.78 is 5.05. The molecule has 2 aliphatic rings. The summed E-state index contributed by atoms with van der Waals surface area (Å²) in [6, 6.07) is 6.48. The van der Waals surface area contributed by atoms with E-state index in [4.69, 9.17) is 16.3 Å². The molecule has 0 aromatic heterocycles. The van der Waals surface area contributed by atoms with Crippen LogP contribution in [-0.4, -0.2) is 55.6 Å². The lowest BCUT2D eigenvalue weighted by Gasteiger charge is -2.31. The summed E-state index contributed by atoms with van der Waals surface area (Å²) in [5, 5.41) is 3.39. The minimum atomic E-state index is -0.526. The highest BCUT2D eigenvalue weighted by Crippen LogP contribution is 2.37. The van der Waals surface area contributed by atoms with Crippen LogP contribution in [0.4, 0.5) is 4.79 Å². The summed E-state index contributed by atoms with van der Waals surface area (Å²) in [6.07, 6.45) is 0. The van der Waals surface area contributed by atoms with E-state index in [0.717, 1.165) is 11.3 Å². The summed E-state index contributed by atoms with van der Waals surface area (Å²) in [5.74, 6) is -0.0891. The molecule has 0 spiro atoms. The quantitative estimate of drug-likeness (QED) is 0.912. The second-order valence-corrected chi connectivity index (χ2v) is 5.95. The number of likely N-dealkylation sites (N-methyl/N-ethyl adjacent to an activating group) is 1.